The van der Waals surface area contributed by atoms with Gasteiger partial charge in [-0.2, -0.15) is 10.2 Å². The van der Waals surface area contributed by atoms with Gasteiger partial charge in [-0.05, 0) is 61.9 Å². The molecule has 3 heterocycles. The molecule has 1 aliphatic heterocycles. The lowest BCUT2D eigenvalue weighted by atomic mass is 10.1. The van der Waals surface area contributed by atoms with Crippen molar-refractivity contribution in [1.29, 1.82) is 0 Å². The van der Waals surface area contributed by atoms with E-state index in [0.29, 0.717) is 48.2 Å². The van der Waals surface area contributed by atoms with Crippen LogP contribution in [0.5, 0.6) is 5.75 Å². The Morgan fingerprint density at radius 3 is 2.42 bits per heavy atom. The van der Waals surface area contributed by atoms with Crippen molar-refractivity contribution in [1.82, 2.24) is 24.3 Å². The molecule has 0 saturated carbocycles. The maximum absolute atomic E-state index is 13.2. The van der Waals surface area contributed by atoms with E-state index in [-0.39, 0.29) is 18.0 Å². The van der Waals surface area contributed by atoms with Crippen molar-refractivity contribution in [3.8, 4) is 17.0 Å². The molecule has 9 nitrogen and oxygen atoms in total. The first-order chi connectivity index (χ1) is 17.3. The highest BCUT2D eigenvalue weighted by Gasteiger charge is 2.24. The zero-order chi connectivity index (χ0) is 25.4. The van der Waals surface area contributed by atoms with E-state index in [0.717, 1.165) is 22.6 Å². The van der Waals surface area contributed by atoms with Gasteiger partial charge >= 0.3 is 0 Å². The number of nitrogens with zero attached hydrogens (tertiary/aromatic N) is 6. The summed E-state index contributed by atoms with van der Waals surface area (Å²) >= 11 is 6.18. The molecule has 4 aromatic rings. The maximum atomic E-state index is 13.2. The first-order valence-electron chi connectivity index (χ1n) is 11.7. The Hall–Kier alpha value is -3.85. The van der Waals surface area contributed by atoms with Gasteiger partial charge in [0.25, 0.3) is 5.56 Å². The van der Waals surface area contributed by atoms with E-state index >= 15 is 0 Å². The fourth-order valence-electron chi connectivity index (χ4n) is 4.53. The molecule has 0 radical (unpaired) electrons. The largest absolute Gasteiger partial charge is 0.497 e. The number of halogens is 1. The highest BCUT2D eigenvalue weighted by molar-refractivity contribution is 6.30. The van der Waals surface area contributed by atoms with E-state index in [4.69, 9.17) is 16.3 Å². The van der Waals surface area contributed by atoms with Crippen LogP contribution in [0.2, 0.25) is 5.02 Å². The lowest BCUT2D eigenvalue weighted by molar-refractivity contribution is -0.132. The number of hydrogen-bond donors (Lipinski definition) is 0. The topological polar surface area (TPSA) is 85.0 Å². The third kappa shape index (κ3) is 4.54. The third-order valence-electron chi connectivity index (χ3n) is 6.55. The summed E-state index contributed by atoms with van der Waals surface area (Å²) in [5, 5.41) is 9.61. The molecule has 1 saturated heterocycles. The number of carbonyl (C=O) groups is 1. The predicted molar refractivity (Wildman–Crippen MR) is 139 cm³/mol. The van der Waals surface area contributed by atoms with Crippen LogP contribution in [0.3, 0.4) is 0 Å². The fraction of sp³-hybridized carbons (Fsp3) is 0.308. The zero-order valence-corrected chi connectivity index (χ0v) is 21.2. The Labute approximate surface area is 213 Å². The summed E-state index contributed by atoms with van der Waals surface area (Å²) in [7, 11) is 1.61. The van der Waals surface area contributed by atoms with Gasteiger partial charge < -0.3 is 14.5 Å². The van der Waals surface area contributed by atoms with E-state index in [9.17, 15) is 9.59 Å². The summed E-state index contributed by atoms with van der Waals surface area (Å²) in [6, 6.07) is 15.0. The molecule has 0 aliphatic carbocycles. The number of rotatable bonds is 5. The second-order valence-electron chi connectivity index (χ2n) is 8.86. The number of methoxy groups -OCH3 is 1. The molecule has 0 N–H and O–H groups in total. The molecular weight excluding hydrogens is 480 g/mol. The minimum absolute atomic E-state index is 0.116. The molecule has 1 amide bonds. The highest BCUT2D eigenvalue weighted by Crippen LogP contribution is 2.25. The van der Waals surface area contributed by atoms with Crippen LogP contribution in [0.1, 0.15) is 11.4 Å². The van der Waals surface area contributed by atoms with E-state index in [2.05, 4.69) is 22.0 Å². The van der Waals surface area contributed by atoms with Crippen molar-refractivity contribution in [3.05, 3.63) is 75.3 Å². The van der Waals surface area contributed by atoms with Crippen LogP contribution in [-0.4, -0.2) is 63.5 Å². The molecule has 5 rings (SSSR count). The summed E-state index contributed by atoms with van der Waals surface area (Å²) in [4.78, 5) is 30.3. The average molecular weight is 507 g/mol. The maximum Gasteiger partial charge on any atom is 0.293 e. The first kappa shape index (κ1) is 23.9. The van der Waals surface area contributed by atoms with E-state index in [1.807, 2.05) is 42.5 Å². The van der Waals surface area contributed by atoms with Gasteiger partial charge in [-0.15, -0.1) is 0 Å². The number of piperazine rings is 1. The van der Waals surface area contributed by atoms with Crippen molar-refractivity contribution in [2.45, 2.75) is 20.4 Å². The van der Waals surface area contributed by atoms with Gasteiger partial charge in [0.1, 0.15) is 23.6 Å². The molecular formula is C26H27ClN6O3. The Morgan fingerprint density at radius 1 is 1.00 bits per heavy atom. The lowest BCUT2D eigenvalue weighted by Gasteiger charge is -2.37. The monoisotopic (exact) mass is 506 g/mol. The number of hydrogen-bond acceptors (Lipinski definition) is 6. The van der Waals surface area contributed by atoms with Gasteiger partial charge in [-0.1, -0.05) is 17.7 Å². The summed E-state index contributed by atoms with van der Waals surface area (Å²) in [6.07, 6.45) is 0. The van der Waals surface area contributed by atoms with Crippen LogP contribution in [0, 0.1) is 13.8 Å². The number of ether oxygens (including phenoxy) is 1. The van der Waals surface area contributed by atoms with E-state index < -0.39 is 0 Å². The van der Waals surface area contributed by atoms with Crippen molar-refractivity contribution in [2.24, 2.45) is 0 Å². The standard InChI is InChI=1S/C26H27ClN6O3/c1-17-4-7-20(27)14-23(17)30-10-12-31(13-11-30)25(34)16-32-26(35)24-15-22(29-33(24)18(2)28-32)19-5-8-21(36-3)9-6-19/h4-9,14-15H,10-13,16H2,1-3H3. The molecule has 186 valence electrons. The zero-order valence-electron chi connectivity index (χ0n) is 20.4. The number of benzene rings is 2. The number of aromatic nitrogens is 4. The number of fused-ring (bicyclic) bond motifs is 1. The van der Waals surface area contributed by atoms with Gasteiger partial charge in [0.15, 0.2) is 0 Å². The molecule has 0 bridgehead atoms. The minimum Gasteiger partial charge on any atom is -0.497 e. The summed E-state index contributed by atoms with van der Waals surface area (Å²) in [5.74, 6) is 1.13. The average Bonchev–Trinajstić information content (AvgIpc) is 3.35. The van der Waals surface area contributed by atoms with Gasteiger partial charge in [-0.25, -0.2) is 9.20 Å². The van der Waals surface area contributed by atoms with Gasteiger partial charge in [0.2, 0.25) is 5.91 Å². The molecule has 10 heteroatoms. The SMILES string of the molecule is COc1ccc(-c2cc3c(=O)n(CC(=O)N4CCN(c5cc(Cl)ccc5C)CC4)nc(C)n3n2)cc1. The van der Waals surface area contributed by atoms with Crippen LogP contribution in [0.4, 0.5) is 5.69 Å². The van der Waals surface area contributed by atoms with Crippen LogP contribution in [0.25, 0.3) is 16.8 Å². The van der Waals surface area contributed by atoms with Gasteiger partial charge in [-0.3, -0.25) is 9.59 Å². The minimum atomic E-state index is -0.352. The highest BCUT2D eigenvalue weighted by atomic mass is 35.5. The second-order valence-corrected chi connectivity index (χ2v) is 9.30. The quantitative estimate of drug-likeness (QED) is 0.413. The molecule has 1 fully saturated rings. The number of anilines is 1. The summed E-state index contributed by atoms with van der Waals surface area (Å²) < 4.78 is 7.97. The predicted octanol–water partition coefficient (Wildman–Crippen LogP) is 3.19. The van der Waals surface area contributed by atoms with Crippen molar-refractivity contribution < 1.29 is 9.53 Å². The number of carbonyl (C=O) groups excluding carboxylic acids is 1. The number of aryl methyl sites for hydroxylation is 2. The molecule has 0 atom stereocenters. The van der Waals surface area contributed by atoms with Crippen LogP contribution in [-0.2, 0) is 11.3 Å². The van der Waals surface area contributed by atoms with Crippen molar-refractivity contribution >= 4 is 28.7 Å². The summed E-state index contributed by atoms with van der Waals surface area (Å²) in [6.45, 7) is 6.22. The molecule has 2 aromatic heterocycles. The Morgan fingerprint density at radius 2 is 1.72 bits per heavy atom. The third-order valence-corrected chi connectivity index (χ3v) is 6.79. The Bertz CT molecular complexity index is 1490. The Kier molecular flexibility index (Phi) is 6.40. The normalized spacial score (nSPS) is 13.9. The molecule has 1 aliphatic rings. The van der Waals surface area contributed by atoms with Crippen LogP contribution < -0.4 is 15.2 Å². The summed E-state index contributed by atoms with van der Waals surface area (Å²) in [5.41, 5.74) is 3.76. The lowest BCUT2D eigenvalue weighted by Crippen LogP contribution is -2.50. The molecule has 0 spiro atoms. The molecule has 2 aromatic carbocycles. The van der Waals surface area contributed by atoms with Gasteiger partial charge in [0, 0.05) is 42.5 Å². The van der Waals surface area contributed by atoms with Crippen molar-refractivity contribution in [3.63, 3.8) is 0 Å². The van der Waals surface area contributed by atoms with Gasteiger partial charge in [0.05, 0.1) is 12.8 Å². The van der Waals surface area contributed by atoms with Crippen LogP contribution >= 0.6 is 11.6 Å². The van der Waals surface area contributed by atoms with Crippen molar-refractivity contribution in [2.75, 3.05) is 38.2 Å². The van der Waals surface area contributed by atoms with E-state index in [1.54, 1.807) is 25.0 Å². The number of amides is 1. The first-order valence-corrected chi connectivity index (χ1v) is 12.1. The second kappa shape index (κ2) is 9.66. The fourth-order valence-corrected chi connectivity index (χ4v) is 4.70. The van der Waals surface area contributed by atoms with Crippen LogP contribution in [0.15, 0.2) is 53.3 Å². The molecule has 0 unspecified atom stereocenters. The molecule has 36 heavy (non-hydrogen) atoms. The Balaban J connectivity index is 1.32. The smallest absolute Gasteiger partial charge is 0.293 e. The van der Waals surface area contributed by atoms with E-state index in [1.165, 1.54) is 9.20 Å².